The van der Waals surface area contributed by atoms with Gasteiger partial charge in [0.1, 0.15) is 5.75 Å². The number of nitrogens with one attached hydrogen (secondary N) is 1. The van der Waals surface area contributed by atoms with E-state index < -0.39 is 10.0 Å². The molecule has 0 saturated heterocycles. The third kappa shape index (κ3) is 2.79. The van der Waals surface area contributed by atoms with Crippen molar-refractivity contribution in [1.82, 2.24) is 13.5 Å². The molecule has 1 N–H and O–H groups in total. The highest BCUT2D eigenvalue weighted by Crippen LogP contribution is 2.37. The Bertz CT molecular complexity index is 1350. The summed E-state index contributed by atoms with van der Waals surface area (Å²) in [5.74, 6) is 1.49. The number of anilines is 1. The molecule has 1 aliphatic heterocycles. The van der Waals surface area contributed by atoms with Crippen LogP contribution in [-0.4, -0.2) is 35.6 Å². The van der Waals surface area contributed by atoms with Crippen molar-refractivity contribution in [3.8, 4) is 17.0 Å². The number of nitrogens with zero attached hydrogens (tertiary/aromatic N) is 3. The maximum Gasteiger partial charge on any atom is 0.268 e. The average molecular weight is 423 g/mol. The lowest BCUT2D eigenvalue weighted by Crippen LogP contribution is -2.17. The summed E-state index contributed by atoms with van der Waals surface area (Å²) in [5, 5.41) is 4.11. The fraction of sp³-hybridized carbons (Fsp3) is 0.227. The molecular weight excluding hydrogens is 400 g/mol. The standard InChI is InChI=1S/C22H22N4O3S/c1-15-21(24-22-23-11-6-12-25(15)22)19-14-26(20-10-9-16(29-2)13-18(19)20)30(27,28)17-7-4-3-5-8-17/h3-5,7-10,13-14H,6,11-12H2,1-2H3,(H,23,24). The quantitative estimate of drug-likeness (QED) is 0.540. The van der Waals surface area contributed by atoms with Gasteiger partial charge in [-0.1, -0.05) is 18.2 Å². The van der Waals surface area contributed by atoms with Crippen LogP contribution >= 0.6 is 0 Å². The van der Waals surface area contributed by atoms with Gasteiger partial charge in [0, 0.05) is 35.9 Å². The first-order valence-electron chi connectivity index (χ1n) is 9.82. The highest BCUT2D eigenvalue weighted by molar-refractivity contribution is 7.90. The predicted octanol–water partition coefficient (Wildman–Crippen LogP) is 3.87. The van der Waals surface area contributed by atoms with Crippen LogP contribution in [0, 0.1) is 6.92 Å². The fourth-order valence-corrected chi connectivity index (χ4v) is 5.43. The Hall–Kier alpha value is -3.26. The van der Waals surface area contributed by atoms with Crippen LogP contribution in [0.3, 0.4) is 0 Å². The number of rotatable bonds is 4. The molecule has 2 aromatic heterocycles. The monoisotopic (exact) mass is 422 g/mol. The first-order valence-corrected chi connectivity index (χ1v) is 11.3. The lowest BCUT2D eigenvalue weighted by molar-refractivity contribution is 0.415. The van der Waals surface area contributed by atoms with E-state index >= 15 is 0 Å². The zero-order valence-corrected chi connectivity index (χ0v) is 17.6. The third-order valence-corrected chi connectivity index (χ3v) is 7.28. The number of aromatic nitrogens is 3. The van der Waals surface area contributed by atoms with Gasteiger partial charge in [0.2, 0.25) is 5.95 Å². The molecule has 154 valence electrons. The maximum absolute atomic E-state index is 13.4. The topological polar surface area (TPSA) is 78.2 Å². The maximum atomic E-state index is 13.4. The summed E-state index contributed by atoms with van der Waals surface area (Å²) in [5.41, 5.74) is 3.15. The number of ether oxygens (including phenoxy) is 1. The Morgan fingerprint density at radius 1 is 1.13 bits per heavy atom. The summed E-state index contributed by atoms with van der Waals surface area (Å²) < 4.78 is 35.7. The molecule has 7 nitrogen and oxygen atoms in total. The van der Waals surface area contributed by atoms with Crippen LogP contribution < -0.4 is 10.1 Å². The number of fused-ring (bicyclic) bond motifs is 2. The van der Waals surface area contributed by atoms with Crippen LogP contribution in [0.25, 0.3) is 22.2 Å². The third-order valence-electron chi connectivity index (χ3n) is 5.60. The Kier molecular flexibility index (Phi) is 4.32. The van der Waals surface area contributed by atoms with Gasteiger partial charge < -0.3 is 14.6 Å². The second-order valence-electron chi connectivity index (χ2n) is 7.34. The minimum atomic E-state index is -3.76. The Morgan fingerprint density at radius 3 is 2.67 bits per heavy atom. The SMILES string of the molecule is COc1ccc2c(c1)c(-c1nc3n(c1C)CCCN3)cn2S(=O)(=O)c1ccccc1. The van der Waals surface area contributed by atoms with Crippen LogP contribution in [0.1, 0.15) is 12.1 Å². The second-order valence-corrected chi connectivity index (χ2v) is 9.16. The van der Waals surface area contributed by atoms with E-state index in [0.29, 0.717) is 11.3 Å². The number of imidazole rings is 1. The van der Waals surface area contributed by atoms with E-state index in [1.807, 2.05) is 13.0 Å². The molecule has 0 aliphatic carbocycles. The van der Waals surface area contributed by atoms with Crippen LogP contribution in [-0.2, 0) is 16.6 Å². The smallest absolute Gasteiger partial charge is 0.268 e. The molecule has 0 saturated carbocycles. The fourth-order valence-electron chi connectivity index (χ4n) is 4.03. The average Bonchev–Trinajstić information content (AvgIpc) is 3.32. The Morgan fingerprint density at radius 2 is 1.93 bits per heavy atom. The predicted molar refractivity (Wildman–Crippen MR) is 117 cm³/mol. The summed E-state index contributed by atoms with van der Waals surface area (Å²) in [7, 11) is -2.16. The van der Waals surface area contributed by atoms with Crippen molar-refractivity contribution in [1.29, 1.82) is 0 Å². The van der Waals surface area contributed by atoms with Gasteiger partial charge in [-0.25, -0.2) is 17.4 Å². The molecule has 0 fully saturated rings. The molecule has 0 bridgehead atoms. The zero-order chi connectivity index (χ0) is 20.9. The number of benzene rings is 2. The van der Waals surface area contributed by atoms with Crippen molar-refractivity contribution in [2.45, 2.75) is 24.8 Å². The molecule has 4 aromatic rings. The molecule has 0 spiro atoms. The minimum absolute atomic E-state index is 0.242. The van der Waals surface area contributed by atoms with Crippen molar-refractivity contribution in [2.75, 3.05) is 19.0 Å². The van der Waals surface area contributed by atoms with Gasteiger partial charge in [0.15, 0.2) is 0 Å². The van der Waals surface area contributed by atoms with Crippen molar-refractivity contribution in [2.24, 2.45) is 0 Å². The first-order chi connectivity index (χ1) is 14.5. The highest BCUT2D eigenvalue weighted by atomic mass is 32.2. The van der Waals surface area contributed by atoms with E-state index in [4.69, 9.17) is 9.72 Å². The van der Waals surface area contributed by atoms with E-state index in [1.54, 1.807) is 55.8 Å². The molecule has 30 heavy (non-hydrogen) atoms. The van der Waals surface area contributed by atoms with Crippen molar-refractivity contribution in [3.05, 3.63) is 60.4 Å². The zero-order valence-electron chi connectivity index (χ0n) is 16.8. The summed E-state index contributed by atoms with van der Waals surface area (Å²) in [6, 6.07) is 13.9. The van der Waals surface area contributed by atoms with E-state index in [2.05, 4.69) is 9.88 Å². The molecule has 0 atom stereocenters. The molecule has 5 rings (SSSR count). The van der Waals surface area contributed by atoms with E-state index in [0.717, 1.165) is 47.8 Å². The second kappa shape index (κ2) is 6.91. The lowest BCUT2D eigenvalue weighted by atomic mass is 10.1. The van der Waals surface area contributed by atoms with E-state index in [9.17, 15) is 8.42 Å². The molecule has 8 heteroatoms. The minimum Gasteiger partial charge on any atom is -0.497 e. The van der Waals surface area contributed by atoms with Crippen LogP contribution in [0.4, 0.5) is 5.95 Å². The van der Waals surface area contributed by atoms with Gasteiger partial charge >= 0.3 is 0 Å². The van der Waals surface area contributed by atoms with Gasteiger partial charge in [-0.05, 0) is 43.7 Å². The van der Waals surface area contributed by atoms with E-state index in [1.165, 1.54) is 3.97 Å². The van der Waals surface area contributed by atoms with Crippen molar-refractivity contribution < 1.29 is 13.2 Å². The first kappa shape index (κ1) is 18.7. The molecular formula is C22H22N4O3S. The van der Waals surface area contributed by atoms with Crippen LogP contribution in [0.2, 0.25) is 0 Å². The Balaban J connectivity index is 1.79. The molecule has 2 aromatic carbocycles. The van der Waals surface area contributed by atoms with Gasteiger partial charge in [-0.3, -0.25) is 0 Å². The van der Waals surface area contributed by atoms with Crippen molar-refractivity contribution >= 4 is 26.9 Å². The van der Waals surface area contributed by atoms with Crippen molar-refractivity contribution in [3.63, 3.8) is 0 Å². The largest absolute Gasteiger partial charge is 0.497 e. The molecule has 1 aliphatic rings. The number of methoxy groups -OCH3 is 1. The summed E-state index contributed by atoms with van der Waals surface area (Å²) in [6.45, 7) is 3.80. The van der Waals surface area contributed by atoms with Gasteiger partial charge in [0.25, 0.3) is 10.0 Å². The Labute approximate surface area is 175 Å². The highest BCUT2D eigenvalue weighted by Gasteiger charge is 2.25. The molecule has 3 heterocycles. The van der Waals surface area contributed by atoms with E-state index in [-0.39, 0.29) is 4.90 Å². The molecule has 0 amide bonds. The molecule has 0 unspecified atom stereocenters. The summed E-state index contributed by atoms with van der Waals surface area (Å²) in [6.07, 6.45) is 2.70. The van der Waals surface area contributed by atoms with Gasteiger partial charge in [-0.15, -0.1) is 0 Å². The van der Waals surface area contributed by atoms with Crippen LogP contribution in [0.15, 0.2) is 59.6 Å². The van der Waals surface area contributed by atoms with Crippen LogP contribution in [0.5, 0.6) is 5.75 Å². The number of hydrogen-bond acceptors (Lipinski definition) is 5. The van der Waals surface area contributed by atoms with Gasteiger partial charge in [-0.2, -0.15) is 0 Å². The normalized spacial score (nSPS) is 13.8. The summed E-state index contributed by atoms with van der Waals surface area (Å²) >= 11 is 0. The lowest BCUT2D eigenvalue weighted by Gasteiger charge is -2.16. The summed E-state index contributed by atoms with van der Waals surface area (Å²) in [4.78, 5) is 5.04. The van der Waals surface area contributed by atoms with Gasteiger partial charge in [0.05, 0.1) is 23.2 Å². The number of hydrogen-bond donors (Lipinski definition) is 1. The molecule has 0 radical (unpaired) electrons.